The van der Waals surface area contributed by atoms with Crippen molar-refractivity contribution in [2.24, 2.45) is 5.92 Å². The van der Waals surface area contributed by atoms with Crippen LogP contribution in [0.5, 0.6) is 0 Å². The summed E-state index contributed by atoms with van der Waals surface area (Å²) >= 11 is 0. The highest BCUT2D eigenvalue weighted by atomic mass is 16.3. The van der Waals surface area contributed by atoms with E-state index in [1.54, 1.807) is 11.0 Å². The molecule has 26 heavy (non-hydrogen) atoms. The van der Waals surface area contributed by atoms with Crippen molar-refractivity contribution < 1.29 is 18.8 Å². The standard InChI is InChI=1S/C19H21N3O4/c23-17(13-20-19(25)16-7-4-12-26-16)22-10-8-14(9-11-22)18(24)21-15-5-2-1-3-6-15/h1-7,12,14H,8-11,13H2,(H,20,25)(H,21,24). The van der Waals surface area contributed by atoms with Gasteiger partial charge < -0.3 is 20.0 Å². The molecule has 2 N–H and O–H groups in total. The first-order chi connectivity index (χ1) is 12.6. The summed E-state index contributed by atoms with van der Waals surface area (Å²) in [6.45, 7) is 0.922. The number of nitrogens with zero attached hydrogens (tertiary/aromatic N) is 1. The van der Waals surface area contributed by atoms with E-state index in [-0.39, 0.29) is 30.0 Å². The van der Waals surface area contributed by atoms with Gasteiger partial charge in [-0.2, -0.15) is 0 Å². The summed E-state index contributed by atoms with van der Waals surface area (Å²) in [5.41, 5.74) is 0.775. The molecule has 0 aliphatic carbocycles. The molecule has 0 spiro atoms. The molecular weight excluding hydrogens is 334 g/mol. The van der Waals surface area contributed by atoms with Crippen LogP contribution in [-0.4, -0.2) is 42.3 Å². The van der Waals surface area contributed by atoms with Crippen molar-refractivity contribution in [1.82, 2.24) is 10.2 Å². The third kappa shape index (κ3) is 4.50. The number of piperidine rings is 1. The maximum Gasteiger partial charge on any atom is 0.287 e. The van der Waals surface area contributed by atoms with Crippen LogP contribution in [0.2, 0.25) is 0 Å². The molecule has 1 fully saturated rings. The van der Waals surface area contributed by atoms with Crippen LogP contribution < -0.4 is 10.6 Å². The molecule has 3 amide bonds. The van der Waals surface area contributed by atoms with Crippen LogP contribution in [0.1, 0.15) is 23.4 Å². The monoisotopic (exact) mass is 355 g/mol. The van der Waals surface area contributed by atoms with Gasteiger partial charge in [0.15, 0.2) is 5.76 Å². The van der Waals surface area contributed by atoms with Crippen molar-refractivity contribution in [3.05, 3.63) is 54.5 Å². The number of anilines is 1. The van der Waals surface area contributed by atoms with Gasteiger partial charge in [0, 0.05) is 24.7 Å². The van der Waals surface area contributed by atoms with E-state index in [9.17, 15) is 14.4 Å². The van der Waals surface area contributed by atoms with Crippen LogP contribution in [0.3, 0.4) is 0 Å². The molecule has 7 nitrogen and oxygen atoms in total. The SMILES string of the molecule is O=C(NCC(=O)N1CCC(C(=O)Nc2ccccc2)CC1)c1ccco1. The van der Waals surface area contributed by atoms with Crippen LogP contribution in [0.15, 0.2) is 53.1 Å². The first-order valence-electron chi connectivity index (χ1n) is 8.59. The van der Waals surface area contributed by atoms with Crippen molar-refractivity contribution in [2.45, 2.75) is 12.8 Å². The minimum Gasteiger partial charge on any atom is -0.459 e. The fourth-order valence-corrected chi connectivity index (χ4v) is 2.92. The van der Waals surface area contributed by atoms with E-state index < -0.39 is 5.91 Å². The highest BCUT2D eigenvalue weighted by Gasteiger charge is 2.27. The molecule has 1 aromatic heterocycles. The van der Waals surface area contributed by atoms with Crippen LogP contribution in [0.4, 0.5) is 5.69 Å². The van der Waals surface area contributed by atoms with Gasteiger partial charge in [-0.05, 0) is 37.1 Å². The van der Waals surface area contributed by atoms with Gasteiger partial charge in [-0.15, -0.1) is 0 Å². The molecule has 2 aromatic rings. The Labute approximate surface area is 151 Å². The molecule has 0 atom stereocenters. The van der Waals surface area contributed by atoms with E-state index in [2.05, 4.69) is 10.6 Å². The van der Waals surface area contributed by atoms with Crippen molar-refractivity contribution >= 4 is 23.4 Å². The average molecular weight is 355 g/mol. The molecule has 1 aromatic carbocycles. The quantitative estimate of drug-likeness (QED) is 0.857. The topological polar surface area (TPSA) is 91.7 Å². The van der Waals surface area contributed by atoms with Gasteiger partial charge in [-0.3, -0.25) is 14.4 Å². The Hall–Kier alpha value is -3.09. The van der Waals surface area contributed by atoms with E-state index in [0.717, 1.165) is 5.69 Å². The molecule has 136 valence electrons. The Balaban J connectivity index is 1.42. The number of carbonyl (C=O) groups excluding carboxylic acids is 3. The summed E-state index contributed by atoms with van der Waals surface area (Å²) in [5, 5.41) is 5.45. The lowest BCUT2D eigenvalue weighted by atomic mass is 9.95. The Morgan fingerprint density at radius 1 is 1.04 bits per heavy atom. The summed E-state index contributed by atoms with van der Waals surface area (Å²) in [7, 11) is 0. The number of amides is 3. The normalized spacial score (nSPS) is 14.7. The van der Waals surface area contributed by atoms with Crippen molar-refractivity contribution in [1.29, 1.82) is 0 Å². The number of rotatable bonds is 5. The molecule has 3 rings (SSSR count). The summed E-state index contributed by atoms with van der Waals surface area (Å²) in [5.74, 6) is -0.534. The van der Waals surface area contributed by atoms with Gasteiger partial charge in [-0.1, -0.05) is 18.2 Å². The molecule has 0 unspecified atom stereocenters. The third-order valence-corrected chi connectivity index (χ3v) is 4.40. The second-order valence-electron chi connectivity index (χ2n) is 6.17. The second kappa shape index (κ2) is 8.33. The van der Waals surface area contributed by atoms with Crippen LogP contribution in [-0.2, 0) is 9.59 Å². The predicted molar refractivity (Wildman–Crippen MR) is 95.4 cm³/mol. The minimum absolute atomic E-state index is 0.0191. The number of hydrogen-bond acceptors (Lipinski definition) is 4. The summed E-state index contributed by atoms with van der Waals surface area (Å²) < 4.78 is 4.98. The molecule has 1 aliphatic heterocycles. The molecule has 1 saturated heterocycles. The first-order valence-corrected chi connectivity index (χ1v) is 8.59. The van der Waals surface area contributed by atoms with E-state index in [1.165, 1.54) is 12.3 Å². The lowest BCUT2D eigenvalue weighted by Crippen LogP contribution is -2.45. The molecule has 7 heteroatoms. The number of nitrogens with one attached hydrogen (secondary N) is 2. The Bertz CT molecular complexity index is 750. The molecule has 2 heterocycles. The number of hydrogen-bond donors (Lipinski definition) is 2. The second-order valence-corrected chi connectivity index (χ2v) is 6.17. The first kappa shape index (κ1) is 17.7. The lowest BCUT2D eigenvalue weighted by molar-refractivity contribution is -0.133. The van der Waals surface area contributed by atoms with Crippen LogP contribution in [0.25, 0.3) is 0 Å². The summed E-state index contributed by atoms with van der Waals surface area (Å²) in [4.78, 5) is 38.0. The Morgan fingerprint density at radius 3 is 2.42 bits per heavy atom. The van der Waals surface area contributed by atoms with Gasteiger partial charge in [-0.25, -0.2) is 0 Å². The zero-order valence-electron chi connectivity index (χ0n) is 14.3. The van der Waals surface area contributed by atoms with Gasteiger partial charge in [0.2, 0.25) is 11.8 Å². The maximum atomic E-state index is 12.3. The fraction of sp³-hybridized carbons (Fsp3) is 0.316. The van der Waals surface area contributed by atoms with Crippen LogP contribution >= 0.6 is 0 Å². The zero-order valence-corrected chi connectivity index (χ0v) is 14.3. The number of likely N-dealkylation sites (tertiary alicyclic amines) is 1. The molecule has 0 radical (unpaired) electrons. The minimum atomic E-state index is -0.416. The smallest absolute Gasteiger partial charge is 0.287 e. The number of para-hydroxylation sites is 1. The molecular formula is C19H21N3O4. The highest BCUT2D eigenvalue weighted by Crippen LogP contribution is 2.19. The van der Waals surface area contributed by atoms with Crippen molar-refractivity contribution in [3.63, 3.8) is 0 Å². The molecule has 1 aliphatic rings. The Morgan fingerprint density at radius 2 is 1.77 bits per heavy atom. The number of benzene rings is 1. The van der Waals surface area contributed by atoms with Crippen molar-refractivity contribution in [2.75, 3.05) is 25.0 Å². The number of furan rings is 1. The van der Waals surface area contributed by atoms with E-state index >= 15 is 0 Å². The highest BCUT2D eigenvalue weighted by molar-refractivity contribution is 5.94. The van der Waals surface area contributed by atoms with Crippen LogP contribution in [0, 0.1) is 5.92 Å². The summed E-state index contributed by atoms with van der Waals surface area (Å²) in [6, 6.07) is 12.5. The van der Waals surface area contributed by atoms with Gasteiger partial charge in [0.05, 0.1) is 12.8 Å². The van der Waals surface area contributed by atoms with Crippen molar-refractivity contribution in [3.8, 4) is 0 Å². The predicted octanol–water partition coefficient (Wildman–Crippen LogP) is 1.89. The van der Waals surface area contributed by atoms with E-state index in [4.69, 9.17) is 4.42 Å². The van der Waals surface area contributed by atoms with Gasteiger partial charge in [0.25, 0.3) is 5.91 Å². The van der Waals surface area contributed by atoms with E-state index in [1.807, 2.05) is 30.3 Å². The van der Waals surface area contributed by atoms with Gasteiger partial charge >= 0.3 is 0 Å². The fourth-order valence-electron chi connectivity index (χ4n) is 2.92. The molecule has 0 bridgehead atoms. The maximum absolute atomic E-state index is 12.3. The molecule has 0 saturated carbocycles. The zero-order chi connectivity index (χ0) is 18.4. The lowest BCUT2D eigenvalue weighted by Gasteiger charge is -2.31. The third-order valence-electron chi connectivity index (χ3n) is 4.40. The Kier molecular flexibility index (Phi) is 5.68. The van der Waals surface area contributed by atoms with Gasteiger partial charge in [0.1, 0.15) is 0 Å². The average Bonchev–Trinajstić information content (AvgIpc) is 3.21. The van der Waals surface area contributed by atoms with E-state index in [0.29, 0.717) is 25.9 Å². The summed E-state index contributed by atoms with van der Waals surface area (Å²) in [6.07, 6.45) is 2.62. The number of carbonyl (C=O) groups is 3. The largest absolute Gasteiger partial charge is 0.459 e.